The monoisotopic (exact) mass is 460 g/mol. The summed E-state index contributed by atoms with van der Waals surface area (Å²) in [6.07, 6.45) is 0. The van der Waals surface area contributed by atoms with Gasteiger partial charge in [0.25, 0.3) is 11.6 Å². The third-order valence-electron chi connectivity index (χ3n) is 5.72. The van der Waals surface area contributed by atoms with Crippen LogP contribution in [0.15, 0.2) is 72.8 Å². The molecule has 0 bridgehead atoms. The molecule has 0 atom stereocenters. The number of benzene rings is 3. The number of anilines is 4. The number of non-ortho nitro benzene ring substituents is 1. The molecule has 0 saturated carbocycles. The quantitative estimate of drug-likeness (QED) is 0.384. The van der Waals surface area contributed by atoms with Crippen molar-refractivity contribution in [1.82, 2.24) is 0 Å². The Balaban J connectivity index is 1.66. The second kappa shape index (κ2) is 10.4. The maximum atomic E-state index is 13.8. The van der Waals surface area contributed by atoms with Gasteiger partial charge in [0.15, 0.2) is 0 Å². The van der Waals surface area contributed by atoms with Crippen molar-refractivity contribution in [3.05, 3.63) is 88.5 Å². The molecule has 176 valence electrons. The summed E-state index contributed by atoms with van der Waals surface area (Å²) >= 11 is 0. The number of carbonyl (C=O) groups excluding carboxylic acids is 1. The number of nitro groups is 1. The van der Waals surface area contributed by atoms with E-state index in [4.69, 9.17) is 4.74 Å². The zero-order valence-electron chi connectivity index (χ0n) is 19.3. The van der Waals surface area contributed by atoms with Crippen LogP contribution in [0.3, 0.4) is 0 Å². The molecule has 0 radical (unpaired) electrons. The van der Waals surface area contributed by atoms with Gasteiger partial charge in [0.1, 0.15) is 0 Å². The smallest absolute Gasteiger partial charge is 0.270 e. The fraction of sp³-hybridized carbons (Fsp3) is 0.269. The van der Waals surface area contributed by atoms with E-state index in [0.717, 1.165) is 17.1 Å². The number of amides is 1. The van der Waals surface area contributed by atoms with E-state index in [-0.39, 0.29) is 17.6 Å². The molecule has 34 heavy (non-hydrogen) atoms. The molecule has 3 aromatic carbocycles. The number of para-hydroxylation sites is 1. The maximum Gasteiger partial charge on any atom is 0.270 e. The number of nitro benzene ring substituents is 1. The summed E-state index contributed by atoms with van der Waals surface area (Å²) in [7, 11) is 0. The van der Waals surface area contributed by atoms with Crippen molar-refractivity contribution in [2.45, 2.75) is 19.9 Å². The lowest BCUT2D eigenvalue weighted by molar-refractivity contribution is -0.384. The summed E-state index contributed by atoms with van der Waals surface area (Å²) in [4.78, 5) is 28.6. The van der Waals surface area contributed by atoms with E-state index < -0.39 is 4.92 Å². The molecule has 0 unspecified atom stereocenters. The molecular weight excluding hydrogens is 432 g/mol. The Hall–Kier alpha value is -3.91. The molecule has 4 rings (SSSR count). The van der Waals surface area contributed by atoms with Gasteiger partial charge < -0.3 is 19.9 Å². The van der Waals surface area contributed by atoms with Crippen molar-refractivity contribution in [3.8, 4) is 0 Å². The molecule has 1 aliphatic heterocycles. The van der Waals surface area contributed by atoms with Crippen molar-refractivity contribution >= 4 is 34.3 Å². The second-order valence-electron chi connectivity index (χ2n) is 8.36. The van der Waals surface area contributed by atoms with E-state index in [1.54, 1.807) is 11.0 Å². The molecule has 1 aliphatic rings. The average molecular weight is 461 g/mol. The number of nitrogens with zero attached hydrogens (tertiary/aromatic N) is 3. The van der Waals surface area contributed by atoms with Crippen LogP contribution in [0.25, 0.3) is 0 Å². The van der Waals surface area contributed by atoms with E-state index in [1.807, 2.05) is 73.3 Å². The molecule has 1 saturated heterocycles. The van der Waals surface area contributed by atoms with Crippen molar-refractivity contribution in [2.75, 3.05) is 41.4 Å². The van der Waals surface area contributed by atoms with E-state index >= 15 is 0 Å². The van der Waals surface area contributed by atoms with Crippen molar-refractivity contribution in [2.24, 2.45) is 0 Å². The summed E-state index contributed by atoms with van der Waals surface area (Å²) < 4.78 is 5.44. The highest BCUT2D eigenvalue weighted by atomic mass is 16.6. The van der Waals surface area contributed by atoms with Crippen LogP contribution in [0.1, 0.15) is 24.2 Å². The lowest BCUT2D eigenvalue weighted by atomic mass is 10.1. The molecule has 1 N–H and O–H groups in total. The molecule has 3 aromatic rings. The Morgan fingerprint density at radius 1 is 1.00 bits per heavy atom. The predicted octanol–water partition coefficient (Wildman–Crippen LogP) is 5.23. The fourth-order valence-corrected chi connectivity index (χ4v) is 4.06. The van der Waals surface area contributed by atoms with Crippen LogP contribution >= 0.6 is 0 Å². The van der Waals surface area contributed by atoms with Crippen molar-refractivity contribution in [1.29, 1.82) is 0 Å². The number of rotatable bonds is 7. The Labute approximate surface area is 198 Å². The summed E-state index contributed by atoms with van der Waals surface area (Å²) in [6, 6.07) is 21.8. The summed E-state index contributed by atoms with van der Waals surface area (Å²) in [6.45, 7) is 6.21. The number of morpholine rings is 1. The number of hydrogen-bond acceptors (Lipinski definition) is 6. The molecular formula is C26H28N4O4. The highest BCUT2D eigenvalue weighted by molar-refractivity contribution is 6.10. The van der Waals surface area contributed by atoms with Gasteiger partial charge in [0.05, 0.1) is 29.4 Å². The van der Waals surface area contributed by atoms with E-state index in [1.165, 1.54) is 12.1 Å². The minimum atomic E-state index is -0.469. The third-order valence-corrected chi connectivity index (χ3v) is 5.72. The largest absolute Gasteiger partial charge is 0.378 e. The number of nitrogens with one attached hydrogen (secondary N) is 1. The lowest BCUT2D eigenvalue weighted by Gasteiger charge is -2.32. The van der Waals surface area contributed by atoms with Gasteiger partial charge in [0.2, 0.25) is 0 Å². The normalized spacial score (nSPS) is 13.6. The van der Waals surface area contributed by atoms with Gasteiger partial charge in [-0.15, -0.1) is 0 Å². The first-order valence-electron chi connectivity index (χ1n) is 11.3. The predicted molar refractivity (Wildman–Crippen MR) is 134 cm³/mol. The summed E-state index contributed by atoms with van der Waals surface area (Å²) in [5, 5.41) is 14.8. The summed E-state index contributed by atoms with van der Waals surface area (Å²) in [5.74, 6) is -0.274. The van der Waals surface area contributed by atoms with Gasteiger partial charge in [-0.1, -0.05) is 18.2 Å². The van der Waals surface area contributed by atoms with E-state index in [0.29, 0.717) is 37.6 Å². The second-order valence-corrected chi connectivity index (χ2v) is 8.36. The van der Waals surface area contributed by atoms with Gasteiger partial charge in [-0.25, -0.2) is 0 Å². The number of ether oxygens (including phenoxy) is 1. The lowest BCUT2D eigenvalue weighted by Crippen LogP contribution is -2.40. The highest BCUT2D eigenvalue weighted by Gasteiger charge is 2.27. The molecule has 8 nitrogen and oxygen atoms in total. The Bertz CT molecular complexity index is 1140. The van der Waals surface area contributed by atoms with Crippen LogP contribution in [-0.4, -0.2) is 43.2 Å². The molecule has 0 aliphatic carbocycles. The fourth-order valence-electron chi connectivity index (χ4n) is 4.06. The standard InChI is InChI=1S/C26H28N4O4/c1-19(2)29(22-10-8-21(9-11-22)27-20-6-4-3-5-7-20)26(31)24-18-23(30(32)33)12-13-25(24)28-14-16-34-17-15-28/h3-13,18-19,27H,14-17H2,1-2H3. The van der Waals surface area contributed by atoms with Crippen LogP contribution in [0.2, 0.25) is 0 Å². The molecule has 1 fully saturated rings. The molecule has 1 amide bonds. The molecule has 1 heterocycles. The van der Waals surface area contributed by atoms with Crippen molar-refractivity contribution < 1.29 is 14.5 Å². The highest BCUT2D eigenvalue weighted by Crippen LogP contribution is 2.31. The number of hydrogen-bond donors (Lipinski definition) is 1. The number of carbonyl (C=O) groups is 1. The zero-order chi connectivity index (χ0) is 24.1. The van der Waals surface area contributed by atoms with Gasteiger partial charge in [-0.3, -0.25) is 14.9 Å². The first-order chi connectivity index (χ1) is 16.4. The molecule has 0 spiro atoms. The van der Waals surface area contributed by atoms with Crippen LogP contribution in [-0.2, 0) is 4.74 Å². The van der Waals surface area contributed by atoms with Gasteiger partial charge in [0, 0.05) is 48.3 Å². The minimum Gasteiger partial charge on any atom is -0.378 e. The van der Waals surface area contributed by atoms with Gasteiger partial charge >= 0.3 is 0 Å². The third kappa shape index (κ3) is 5.18. The SMILES string of the molecule is CC(C)N(C(=O)c1cc([N+](=O)[O-])ccc1N1CCOCC1)c1ccc(Nc2ccccc2)cc1. The summed E-state index contributed by atoms with van der Waals surface area (Å²) in [5.41, 5.74) is 3.49. The molecule has 8 heteroatoms. The first kappa shape index (κ1) is 23.3. The van der Waals surface area contributed by atoms with E-state index in [9.17, 15) is 14.9 Å². The Morgan fingerprint density at radius 3 is 2.26 bits per heavy atom. The van der Waals surface area contributed by atoms with Gasteiger partial charge in [-0.2, -0.15) is 0 Å². The van der Waals surface area contributed by atoms with Crippen molar-refractivity contribution in [3.63, 3.8) is 0 Å². The maximum absolute atomic E-state index is 13.8. The minimum absolute atomic E-state index is 0.105. The van der Waals surface area contributed by atoms with Crippen LogP contribution in [0.4, 0.5) is 28.4 Å². The van der Waals surface area contributed by atoms with Gasteiger partial charge in [-0.05, 0) is 56.3 Å². The topological polar surface area (TPSA) is 88.0 Å². The van der Waals surface area contributed by atoms with Crippen LogP contribution < -0.4 is 15.1 Å². The van der Waals surface area contributed by atoms with Crippen LogP contribution in [0.5, 0.6) is 0 Å². The average Bonchev–Trinajstić information content (AvgIpc) is 2.85. The zero-order valence-corrected chi connectivity index (χ0v) is 19.3. The Kier molecular flexibility index (Phi) is 7.08. The molecule has 0 aromatic heterocycles. The van der Waals surface area contributed by atoms with Crippen LogP contribution in [0, 0.1) is 10.1 Å². The first-order valence-corrected chi connectivity index (χ1v) is 11.3. The Morgan fingerprint density at radius 2 is 1.65 bits per heavy atom. The van der Waals surface area contributed by atoms with E-state index in [2.05, 4.69) is 5.32 Å².